The van der Waals surface area contributed by atoms with Crippen LogP contribution in [0.15, 0.2) is 36.4 Å². The molecule has 0 spiro atoms. The second kappa shape index (κ2) is 7.75. The van der Waals surface area contributed by atoms with Crippen LogP contribution in [0.3, 0.4) is 0 Å². The highest BCUT2D eigenvalue weighted by Gasteiger charge is 2.16. The molecule has 9 heteroatoms. The van der Waals surface area contributed by atoms with Crippen LogP contribution >= 0.6 is 47.0 Å². The summed E-state index contributed by atoms with van der Waals surface area (Å²) in [6.07, 6.45) is 5.54. The first-order valence-corrected chi connectivity index (χ1v) is 8.00. The van der Waals surface area contributed by atoms with E-state index in [1.54, 1.807) is 35.6 Å². The first-order valence-electron chi connectivity index (χ1n) is 6.46. The smallest absolute Gasteiger partial charge is 0.183 e. The Labute approximate surface area is 154 Å². The van der Waals surface area contributed by atoms with Gasteiger partial charge in [-0.2, -0.15) is 5.26 Å². The molecule has 2 rings (SSSR count). The molecule has 0 saturated carbocycles. The zero-order valence-corrected chi connectivity index (χ0v) is 14.8. The molecule has 23 heavy (non-hydrogen) atoms. The average Bonchev–Trinajstić information content (AvgIpc) is 2.51. The molecule has 0 fully saturated rings. The molecule has 0 atom stereocenters. The molecule has 0 aliphatic carbocycles. The molecule has 1 aliphatic heterocycles. The topological polar surface area (TPSA) is 68.3 Å². The van der Waals surface area contributed by atoms with Crippen LogP contribution in [0.4, 0.5) is 0 Å². The normalized spacial score (nSPS) is 13.6. The van der Waals surface area contributed by atoms with E-state index >= 15 is 0 Å². The number of hydrogen-bond donors (Lipinski definition) is 2. The number of nitrogens with two attached hydrogens (primary N) is 1. The third kappa shape index (κ3) is 4.43. The Bertz CT molecular complexity index is 726. The molecular weight excluding hydrogens is 377 g/mol. The van der Waals surface area contributed by atoms with Crippen LogP contribution in [0.25, 0.3) is 0 Å². The number of nitriles is 1. The molecule has 0 amide bonds. The van der Waals surface area contributed by atoms with Crippen molar-refractivity contribution in [2.75, 3.05) is 6.54 Å². The van der Waals surface area contributed by atoms with Gasteiger partial charge in [0.1, 0.15) is 11.8 Å². The minimum absolute atomic E-state index is 0.106. The molecule has 1 heterocycles. The maximum atomic E-state index is 9.28. The van der Waals surface area contributed by atoms with E-state index in [9.17, 15) is 5.26 Å². The van der Waals surface area contributed by atoms with E-state index in [2.05, 4.69) is 11.5 Å². The minimum Gasteiger partial charge on any atom is -0.375 e. The van der Waals surface area contributed by atoms with Crippen LogP contribution in [0.1, 0.15) is 5.56 Å². The number of halogens is 3. The van der Waals surface area contributed by atoms with Crippen molar-refractivity contribution in [1.82, 2.24) is 15.3 Å². The summed E-state index contributed by atoms with van der Waals surface area (Å²) < 4.78 is 0. The average molecular weight is 389 g/mol. The van der Waals surface area contributed by atoms with E-state index in [1.165, 1.54) is 5.01 Å². The maximum Gasteiger partial charge on any atom is 0.183 e. The quantitative estimate of drug-likeness (QED) is 0.609. The van der Waals surface area contributed by atoms with Crippen molar-refractivity contribution < 1.29 is 0 Å². The van der Waals surface area contributed by atoms with Crippen LogP contribution in [0.2, 0.25) is 15.1 Å². The lowest BCUT2D eigenvalue weighted by Crippen LogP contribution is -2.41. The minimum atomic E-state index is 0.106. The first-order chi connectivity index (χ1) is 10.9. The molecule has 0 saturated heterocycles. The molecule has 120 valence electrons. The number of nitrogens with one attached hydrogen (secondary N) is 1. The van der Waals surface area contributed by atoms with Gasteiger partial charge in [-0.25, -0.2) is 0 Å². The maximum absolute atomic E-state index is 9.28. The molecule has 1 aliphatic rings. The van der Waals surface area contributed by atoms with Gasteiger partial charge in [-0.05, 0) is 36.3 Å². The number of allylic oxidation sites excluding steroid dienone is 1. The summed E-state index contributed by atoms with van der Waals surface area (Å²) in [5.74, 6) is 0. The van der Waals surface area contributed by atoms with Crippen LogP contribution in [-0.2, 0) is 6.42 Å². The Kier molecular flexibility index (Phi) is 5.97. The number of hydrogen-bond acceptors (Lipinski definition) is 4. The molecule has 3 N–H and O–H groups in total. The number of benzene rings is 1. The Balaban J connectivity index is 2.10. The second-order valence-electron chi connectivity index (χ2n) is 4.57. The summed E-state index contributed by atoms with van der Waals surface area (Å²) in [6, 6.07) is 5.46. The highest BCUT2D eigenvalue weighted by molar-refractivity contribution is 7.80. The first kappa shape index (κ1) is 17.7. The zero-order chi connectivity index (χ0) is 17.0. The fourth-order valence-electron chi connectivity index (χ4n) is 2.00. The van der Waals surface area contributed by atoms with Gasteiger partial charge in [-0.1, -0.05) is 34.8 Å². The van der Waals surface area contributed by atoms with E-state index < -0.39 is 0 Å². The molecule has 1 aromatic carbocycles. The molecule has 0 radical (unpaired) electrons. The Hall–Kier alpha value is -1.65. The van der Waals surface area contributed by atoms with E-state index in [1.807, 2.05) is 0 Å². The highest BCUT2D eigenvalue weighted by atomic mass is 35.5. The van der Waals surface area contributed by atoms with Crippen molar-refractivity contribution in [3.05, 3.63) is 57.1 Å². The van der Waals surface area contributed by atoms with E-state index in [0.717, 1.165) is 5.56 Å². The van der Waals surface area contributed by atoms with Crippen molar-refractivity contribution in [1.29, 1.82) is 5.26 Å². The zero-order valence-electron chi connectivity index (χ0n) is 11.8. The van der Waals surface area contributed by atoms with Gasteiger partial charge in [0.25, 0.3) is 0 Å². The lowest BCUT2D eigenvalue weighted by Gasteiger charge is -2.28. The van der Waals surface area contributed by atoms with Gasteiger partial charge < -0.3 is 10.6 Å². The van der Waals surface area contributed by atoms with Crippen LogP contribution in [0, 0.1) is 11.3 Å². The number of nitrogens with zero attached hydrogens (tertiary/aromatic N) is 3. The lowest BCUT2D eigenvalue weighted by atomic mass is 10.1. The largest absolute Gasteiger partial charge is 0.375 e. The predicted molar refractivity (Wildman–Crippen MR) is 96.5 cm³/mol. The summed E-state index contributed by atoms with van der Waals surface area (Å²) in [5.41, 5.74) is 9.28. The standard InChI is InChI=1S/C14H12Cl3N5S/c15-11-1-2-12(16)13(17)10(11)3-4-21-5-6-22(20-14(19)23)8-9(21)7-18/h1-2,5-6,8H,3-4H2,(H3,19,20,23). The van der Waals surface area contributed by atoms with Crippen molar-refractivity contribution >= 4 is 52.1 Å². The van der Waals surface area contributed by atoms with Crippen molar-refractivity contribution in [2.45, 2.75) is 6.42 Å². The Morgan fingerprint density at radius 3 is 2.61 bits per heavy atom. The number of rotatable bonds is 4. The van der Waals surface area contributed by atoms with Crippen LogP contribution in [0.5, 0.6) is 0 Å². The molecule has 0 aromatic heterocycles. The summed E-state index contributed by atoms with van der Waals surface area (Å²) in [7, 11) is 0. The molecule has 0 unspecified atom stereocenters. The van der Waals surface area contributed by atoms with Gasteiger partial charge in [0, 0.05) is 24.0 Å². The van der Waals surface area contributed by atoms with Gasteiger partial charge in [0.05, 0.1) is 16.2 Å². The fourth-order valence-corrected chi connectivity index (χ4v) is 2.84. The second-order valence-corrected chi connectivity index (χ2v) is 6.20. The molecular formula is C14H12Cl3N5S. The van der Waals surface area contributed by atoms with Crippen LogP contribution < -0.4 is 11.2 Å². The third-order valence-electron chi connectivity index (χ3n) is 3.07. The predicted octanol–water partition coefficient (Wildman–Crippen LogP) is 3.39. The van der Waals surface area contributed by atoms with E-state index in [0.29, 0.717) is 33.7 Å². The fraction of sp³-hybridized carbons (Fsp3) is 0.143. The SMILES string of the molecule is N#CC1=CN(NC(N)=S)C=CN1CCc1c(Cl)ccc(Cl)c1Cl. The van der Waals surface area contributed by atoms with Crippen molar-refractivity contribution in [3.63, 3.8) is 0 Å². The number of hydrazine groups is 1. The van der Waals surface area contributed by atoms with Gasteiger partial charge in [0.15, 0.2) is 5.11 Å². The van der Waals surface area contributed by atoms with Gasteiger partial charge in [-0.15, -0.1) is 0 Å². The third-order valence-corrected chi connectivity index (χ3v) is 4.36. The Morgan fingerprint density at radius 2 is 1.96 bits per heavy atom. The number of thiocarbonyl (C=S) groups is 1. The highest BCUT2D eigenvalue weighted by Crippen LogP contribution is 2.32. The summed E-state index contributed by atoms with van der Waals surface area (Å²) in [5, 5.41) is 12.3. The van der Waals surface area contributed by atoms with Gasteiger partial charge in [0.2, 0.25) is 0 Å². The van der Waals surface area contributed by atoms with Crippen LogP contribution in [-0.4, -0.2) is 21.6 Å². The van der Waals surface area contributed by atoms with E-state index in [4.69, 9.17) is 52.8 Å². The summed E-state index contributed by atoms with van der Waals surface area (Å²) in [4.78, 5) is 1.77. The van der Waals surface area contributed by atoms with Crippen molar-refractivity contribution in [3.8, 4) is 6.07 Å². The molecule has 1 aromatic rings. The molecule has 5 nitrogen and oxygen atoms in total. The summed E-state index contributed by atoms with van der Waals surface area (Å²) in [6.45, 7) is 0.511. The Morgan fingerprint density at radius 1 is 1.26 bits per heavy atom. The van der Waals surface area contributed by atoms with Gasteiger partial charge >= 0.3 is 0 Å². The van der Waals surface area contributed by atoms with Crippen molar-refractivity contribution in [2.24, 2.45) is 5.73 Å². The molecule has 0 bridgehead atoms. The lowest BCUT2D eigenvalue weighted by molar-refractivity contribution is 0.382. The van der Waals surface area contributed by atoms with E-state index in [-0.39, 0.29) is 5.11 Å². The monoisotopic (exact) mass is 387 g/mol. The van der Waals surface area contributed by atoms with Gasteiger partial charge in [-0.3, -0.25) is 10.4 Å². The summed E-state index contributed by atoms with van der Waals surface area (Å²) >= 11 is 23.1.